The second-order valence-corrected chi connectivity index (χ2v) is 9.49. The summed E-state index contributed by atoms with van der Waals surface area (Å²) in [7, 11) is 0. The summed E-state index contributed by atoms with van der Waals surface area (Å²) in [5.41, 5.74) is 2.38. The van der Waals surface area contributed by atoms with E-state index in [0.29, 0.717) is 35.0 Å². The average Bonchev–Trinajstić information content (AvgIpc) is 3.26. The van der Waals surface area contributed by atoms with Crippen LogP contribution in [0.25, 0.3) is 22.7 Å². The largest absolute Gasteiger partial charge is 0.420 e. The zero-order valence-electron chi connectivity index (χ0n) is 18.5. The van der Waals surface area contributed by atoms with Crippen molar-refractivity contribution in [2.24, 2.45) is 0 Å². The van der Waals surface area contributed by atoms with Gasteiger partial charge in [0.1, 0.15) is 17.0 Å². The summed E-state index contributed by atoms with van der Waals surface area (Å²) in [6.45, 7) is 3.97. The van der Waals surface area contributed by atoms with Crippen molar-refractivity contribution in [1.29, 1.82) is 0 Å². The van der Waals surface area contributed by atoms with Gasteiger partial charge in [-0.05, 0) is 39.0 Å². The monoisotopic (exact) mass is 463 g/mol. The Balaban J connectivity index is 1.22. The third-order valence-electron chi connectivity index (χ3n) is 6.11. The Kier molecular flexibility index (Phi) is 5.37. The minimum absolute atomic E-state index is 0.417. The van der Waals surface area contributed by atoms with Gasteiger partial charge in [0.25, 0.3) is 5.89 Å². The minimum Gasteiger partial charge on any atom is -0.420 e. The van der Waals surface area contributed by atoms with Crippen molar-refractivity contribution in [1.82, 2.24) is 30.1 Å². The normalized spacial score (nSPS) is 16.5. The second-order valence-electron chi connectivity index (χ2n) is 8.55. The van der Waals surface area contributed by atoms with E-state index in [1.165, 1.54) is 32.1 Å². The fourth-order valence-corrected chi connectivity index (χ4v) is 5.12. The molecule has 6 rings (SSSR count). The molecule has 0 N–H and O–H groups in total. The van der Waals surface area contributed by atoms with Gasteiger partial charge in [0.2, 0.25) is 11.8 Å². The van der Waals surface area contributed by atoms with Gasteiger partial charge in [-0.2, -0.15) is 0 Å². The Bertz CT molecular complexity index is 1240. The molecule has 2 fully saturated rings. The summed E-state index contributed by atoms with van der Waals surface area (Å²) in [5, 5.41) is 22.8. The summed E-state index contributed by atoms with van der Waals surface area (Å²) in [6, 6.07) is 10.4. The average molecular weight is 464 g/mol. The lowest BCUT2D eigenvalue weighted by Crippen LogP contribution is -2.31. The number of nitrogens with zero attached hydrogens (tertiary/aromatic N) is 7. The molecular formula is C23H25N7O2S. The minimum atomic E-state index is 0.417. The van der Waals surface area contributed by atoms with Crippen molar-refractivity contribution in [2.75, 3.05) is 18.0 Å². The standard InChI is InChI=1S/C23H25N7O2S/c1-15-19(20(28-32-15)16-8-4-2-5-9-16)21-25-24-18(31-21)14-33-23-27-26-22(30(23)17-10-11-17)29-12-6-3-7-13-29/h2,4-5,8-9,17H,3,6-7,10-14H2,1H3. The predicted molar refractivity (Wildman–Crippen MR) is 124 cm³/mol. The molecule has 2 aliphatic rings. The van der Waals surface area contributed by atoms with Gasteiger partial charge in [-0.25, -0.2) is 0 Å². The molecule has 0 bridgehead atoms. The highest BCUT2D eigenvalue weighted by molar-refractivity contribution is 7.98. The third kappa shape index (κ3) is 4.03. The van der Waals surface area contributed by atoms with E-state index in [4.69, 9.17) is 8.94 Å². The molecule has 9 nitrogen and oxygen atoms in total. The van der Waals surface area contributed by atoms with Gasteiger partial charge in [0, 0.05) is 24.7 Å². The maximum atomic E-state index is 6.02. The number of hydrogen-bond acceptors (Lipinski definition) is 9. The highest BCUT2D eigenvalue weighted by Crippen LogP contribution is 2.42. The van der Waals surface area contributed by atoms with Crippen LogP contribution in [0.5, 0.6) is 0 Å². The zero-order valence-corrected chi connectivity index (χ0v) is 19.3. The van der Waals surface area contributed by atoms with Gasteiger partial charge < -0.3 is 13.8 Å². The zero-order chi connectivity index (χ0) is 22.2. The molecule has 10 heteroatoms. The van der Waals surface area contributed by atoms with E-state index >= 15 is 0 Å². The highest BCUT2D eigenvalue weighted by Gasteiger charge is 2.32. The first-order valence-corrected chi connectivity index (χ1v) is 12.4. The van der Waals surface area contributed by atoms with Crippen LogP contribution in [-0.4, -0.2) is 43.2 Å². The fourth-order valence-electron chi connectivity index (χ4n) is 4.29. The molecule has 3 aromatic heterocycles. The highest BCUT2D eigenvalue weighted by atomic mass is 32.2. The molecule has 0 unspecified atom stereocenters. The number of hydrogen-bond donors (Lipinski definition) is 0. The smallest absolute Gasteiger partial charge is 0.253 e. The Morgan fingerprint density at radius 3 is 2.61 bits per heavy atom. The summed E-state index contributed by atoms with van der Waals surface area (Å²) in [5.74, 6) is 3.15. The molecule has 1 saturated heterocycles. The Labute approximate surface area is 195 Å². The van der Waals surface area contributed by atoms with E-state index < -0.39 is 0 Å². The van der Waals surface area contributed by atoms with E-state index in [0.717, 1.165) is 35.3 Å². The Hall–Kier alpha value is -3.14. The summed E-state index contributed by atoms with van der Waals surface area (Å²) < 4.78 is 13.8. The van der Waals surface area contributed by atoms with Crippen LogP contribution in [0.1, 0.15) is 49.8 Å². The maximum Gasteiger partial charge on any atom is 0.253 e. The molecule has 4 heterocycles. The summed E-state index contributed by atoms with van der Waals surface area (Å²) in [6.07, 6.45) is 6.11. The number of benzene rings is 1. The Morgan fingerprint density at radius 1 is 1.00 bits per heavy atom. The lowest BCUT2D eigenvalue weighted by Gasteiger charge is -2.27. The van der Waals surface area contributed by atoms with Crippen LogP contribution in [0.15, 0.2) is 44.4 Å². The SMILES string of the molecule is Cc1onc(-c2ccccc2)c1-c1nnc(CSc2nnc(N3CCCCC3)n2C2CC2)o1. The van der Waals surface area contributed by atoms with Crippen LogP contribution in [0.4, 0.5) is 5.95 Å². The van der Waals surface area contributed by atoms with Crippen molar-refractivity contribution in [2.45, 2.75) is 56.0 Å². The molecule has 33 heavy (non-hydrogen) atoms. The molecule has 1 saturated carbocycles. The van der Waals surface area contributed by atoms with E-state index in [1.807, 2.05) is 37.3 Å². The molecule has 0 radical (unpaired) electrons. The molecule has 1 aromatic carbocycles. The van der Waals surface area contributed by atoms with Crippen molar-refractivity contribution in [3.05, 3.63) is 42.0 Å². The van der Waals surface area contributed by atoms with Crippen LogP contribution in [-0.2, 0) is 5.75 Å². The van der Waals surface area contributed by atoms with Crippen LogP contribution >= 0.6 is 11.8 Å². The van der Waals surface area contributed by atoms with E-state index in [9.17, 15) is 0 Å². The predicted octanol–water partition coefficient (Wildman–Crippen LogP) is 4.91. The van der Waals surface area contributed by atoms with Crippen molar-refractivity contribution in [3.8, 4) is 22.7 Å². The van der Waals surface area contributed by atoms with E-state index in [-0.39, 0.29) is 0 Å². The van der Waals surface area contributed by atoms with Gasteiger partial charge in [-0.15, -0.1) is 20.4 Å². The van der Waals surface area contributed by atoms with Crippen molar-refractivity contribution in [3.63, 3.8) is 0 Å². The van der Waals surface area contributed by atoms with Crippen molar-refractivity contribution < 1.29 is 8.94 Å². The number of thioether (sulfide) groups is 1. The van der Waals surface area contributed by atoms with Gasteiger partial charge >= 0.3 is 0 Å². The number of piperidine rings is 1. The molecular weight excluding hydrogens is 438 g/mol. The van der Waals surface area contributed by atoms with Gasteiger partial charge in [0.15, 0.2) is 5.16 Å². The lowest BCUT2D eigenvalue weighted by molar-refractivity contribution is 0.399. The molecule has 170 valence electrons. The van der Waals surface area contributed by atoms with Gasteiger partial charge in [-0.1, -0.05) is 47.3 Å². The van der Waals surface area contributed by atoms with Crippen molar-refractivity contribution >= 4 is 17.7 Å². The van der Waals surface area contributed by atoms with Crippen LogP contribution in [0, 0.1) is 6.92 Å². The van der Waals surface area contributed by atoms with Crippen LogP contribution < -0.4 is 4.90 Å². The van der Waals surface area contributed by atoms with Crippen LogP contribution in [0.3, 0.4) is 0 Å². The third-order valence-corrected chi connectivity index (χ3v) is 7.04. The summed E-state index contributed by atoms with van der Waals surface area (Å²) in [4.78, 5) is 2.38. The van der Waals surface area contributed by atoms with Gasteiger partial charge in [0.05, 0.1) is 5.75 Å². The quantitative estimate of drug-likeness (QED) is 0.354. The molecule has 4 aromatic rings. The van der Waals surface area contributed by atoms with Crippen LogP contribution in [0.2, 0.25) is 0 Å². The molecule has 0 spiro atoms. The topological polar surface area (TPSA) is 98.9 Å². The first-order chi connectivity index (χ1) is 16.3. The number of aromatic nitrogens is 6. The molecule has 1 aliphatic heterocycles. The summed E-state index contributed by atoms with van der Waals surface area (Å²) >= 11 is 1.60. The van der Waals surface area contributed by atoms with Gasteiger partial charge in [-0.3, -0.25) is 4.57 Å². The van der Waals surface area contributed by atoms with E-state index in [1.54, 1.807) is 11.8 Å². The molecule has 0 atom stereocenters. The fraction of sp³-hybridized carbons (Fsp3) is 0.435. The number of rotatable bonds is 7. The molecule has 0 amide bonds. The van der Waals surface area contributed by atoms with E-state index in [2.05, 4.69) is 35.0 Å². The first-order valence-electron chi connectivity index (χ1n) is 11.4. The first kappa shape index (κ1) is 20.5. The number of aryl methyl sites for hydroxylation is 1. The maximum absolute atomic E-state index is 6.02. The number of anilines is 1. The molecule has 1 aliphatic carbocycles. The Morgan fingerprint density at radius 2 is 1.82 bits per heavy atom. The lowest BCUT2D eigenvalue weighted by atomic mass is 10.1. The second kappa shape index (κ2) is 8.66.